The van der Waals surface area contributed by atoms with E-state index in [-0.39, 0.29) is 36.1 Å². The van der Waals surface area contributed by atoms with E-state index in [1.165, 1.54) is 31.9 Å². The SMILES string of the molecule is Cc1c(NC(=O)CNCC2CC2)cccc1C(F)(F)F.Cl. The summed E-state index contributed by atoms with van der Waals surface area (Å²) in [5.41, 5.74) is -0.477. The van der Waals surface area contributed by atoms with Gasteiger partial charge in [0.15, 0.2) is 0 Å². The number of amides is 1. The molecule has 0 radical (unpaired) electrons. The lowest BCUT2D eigenvalue weighted by Crippen LogP contribution is -2.29. The van der Waals surface area contributed by atoms with E-state index in [9.17, 15) is 18.0 Å². The van der Waals surface area contributed by atoms with Crippen LogP contribution in [0.15, 0.2) is 18.2 Å². The van der Waals surface area contributed by atoms with Crippen LogP contribution in [0.5, 0.6) is 0 Å². The van der Waals surface area contributed by atoms with Crippen LogP contribution in [-0.2, 0) is 11.0 Å². The molecule has 118 valence electrons. The highest BCUT2D eigenvalue weighted by Crippen LogP contribution is 2.34. The summed E-state index contributed by atoms with van der Waals surface area (Å²) in [6.45, 7) is 2.26. The lowest BCUT2D eigenvalue weighted by atomic mass is 10.1. The van der Waals surface area contributed by atoms with Crippen LogP contribution in [0.4, 0.5) is 18.9 Å². The van der Waals surface area contributed by atoms with Gasteiger partial charge in [-0.2, -0.15) is 13.2 Å². The second kappa shape index (κ2) is 7.13. The molecule has 1 aromatic carbocycles. The minimum atomic E-state index is -4.41. The average molecular weight is 323 g/mol. The maximum Gasteiger partial charge on any atom is 0.416 e. The Morgan fingerprint density at radius 1 is 1.33 bits per heavy atom. The fraction of sp³-hybridized carbons (Fsp3) is 0.500. The first-order chi connectivity index (χ1) is 9.38. The number of carbonyl (C=O) groups is 1. The van der Waals surface area contributed by atoms with Crippen LogP contribution in [0.25, 0.3) is 0 Å². The highest BCUT2D eigenvalue weighted by Gasteiger charge is 2.33. The maximum atomic E-state index is 12.7. The van der Waals surface area contributed by atoms with Gasteiger partial charge < -0.3 is 10.6 Å². The predicted octanol–water partition coefficient (Wildman–Crippen LogP) is 3.37. The summed E-state index contributed by atoms with van der Waals surface area (Å²) in [4.78, 5) is 11.7. The van der Waals surface area contributed by atoms with Gasteiger partial charge in [0.2, 0.25) is 5.91 Å². The van der Waals surface area contributed by atoms with Crippen LogP contribution in [0.1, 0.15) is 24.0 Å². The van der Waals surface area contributed by atoms with Crippen LogP contribution in [0.3, 0.4) is 0 Å². The number of carbonyl (C=O) groups excluding carboxylic acids is 1. The second-order valence-corrected chi connectivity index (χ2v) is 5.10. The van der Waals surface area contributed by atoms with Gasteiger partial charge in [0.05, 0.1) is 12.1 Å². The van der Waals surface area contributed by atoms with Crippen molar-refractivity contribution in [2.24, 2.45) is 5.92 Å². The summed E-state index contributed by atoms with van der Waals surface area (Å²) in [6, 6.07) is 3.78. The van der Waals surface area contributed by atoms with Gasteiger partial charge in [-0.3, -0.25) is 4.79 Å². The number of hydrogen-bond acceptors (Lipinski definition) is 2. The lowest BCUT2D eigenvalue weighted by molar-refractivity contribution is -0.138. The van der Waals surface area contributed by atoms with Crippen LogP contribution < -0.4 is 10.6 Å². The highest BCUT2D eigenvalue weighted by molar-refractivity contribution is 5.93. The normalized spacial score (nSPS) is 14.5. The van der Waals surface area contributed by atoms with Gasteiger partial charge in [-0.25, -0.2) is 0 Å². The minimum absolute atomic E-state index is 0. The van der Waals surface area contributed by atoms with E-state index in [0.717, 1.165) is 12.6 Å². The standard InChI is InChI=1S/C14H17F3N2O.ClH/c1-9-11(14(15,16)17)3-2-4-12(9)19-13(20)8-18-7-10-5-6-10;/h2-4,10,18H,5-8H2,1H3,(H,19,20);1H. The Morgan fingerprint density at radius 2 is 2.00 bits per heavy atom. The number of benzene rings is 1. The molecule has 1 saturated carbocycles. The molecule has 1 aliphatic rings. The molecule has 1 fully saturated rings. The Morgan fingerprint density at radius 3 is 2.57 bits per heavy atom. The second-order valence-electron chi connectivity index (χ2n) is 5.10. The van der Waals surface area contributed by atoms with Crippen molar-refractivity contribution in [2.45, 2.75) is 25.9 Å². The van der Waals surface area contributed by atoms with E-state index >= 15 is 0 Å². The van der Waals surface area contributed by atoms with Crippen LogP contribution in [-0.4, -0.2) is 19.0 Å². The van der Waals surface area contributed by atoms with Crippen molar-refractivity contribution in [1.82, 2.24) is 5.32 Å². The van der Waals surface area contributed by atoms with Gasteiger partial charge in [-0.15, -0.1) is 12.4 Å². The number of nitrogens with one attached hydrogen (secondary N) is 2. The van der Waals surface area contributed by atoms with E-state index in [0.29, 0.717) is 5.92 Å². The van der Waals surface area contributed by atoms with Crippen molar-refractivity contribution < 1.29 is 18.0 Å². The van der Waals surface area contributed by atoms with Crippen LogP contribution in [0, 0.1) is 12.8 Å². The van der Waals surface area contributed by atoms with Crippen molar-refractivity contribution >= 4 is 24.0 Å². The van der Waals surface area contributed by atoms with Crippen LogP contribution in [0.2, 0.25) is 0 Å². The van der Waals surface area contributed by atoms with Crippen molar-refractivity contribution in [3.63, 3.8) is 0 Å². The number of rotatable bonds is 5. The molecule has 1 amide bonds. The molecule has 21 heavy (non-hydrogen) atoms. The summed E-state index contributed by atoms with van der Waals surface area (Å²) in [6.07, 6.45) is -2.04. The van der Waals surface area contributed by atoms with E-state index in [2.05, 4.69) is 10.6 Å². The Balaban J connectivity index is 0.00000220. The molecular formula is C14H18ClF3N2O. The molecule has 3 nitrogen and oxygen atoms in total. The van der Waals surface area contributed by atoms with Gasteiger partial charge in [-0.1, -0.05) is 6.07 Å². The fourth-order valence-electron chi connectivity index (χ4n) is 1.98. The zero-order valence-electron chi connectivity index (χ0n) is 11.6. The number of anilines is 1. The maximum absolute atomic E-state index is 12.7. The van der Waals surface area contributed by atoms with Gasteiger partial charge in [0.1, 0.15) is 0 Å². The molecule has 1 aromatic rings. The fourth-order valence-corrected chi connectivity index (χ4v) is 1.98. The molecule has 0 aliphatic heterocycles. The van der Waals surface area contributed by atoms with Gasteiger partial charge in [0, 0.05) is 5.69 Å². The minimum Gasteiger partial charge on any atom is -0.325 e. The summed E-state index contributed by atoms with van der Waals surface area (Å²) in [5, 5.41) is 5.51. The third kappa shape index (κ3) is 5.21. The van der Waals surface area contributed by atoms with Crippen molar-refractivity contribution in [1.29, 1.82) is 0 Å². The van der Waals surface area contributed by atoms with E-state index in [4.69, 9.17) is 0 Å². The van der Waals surface area contributed by atoms with Gasteiger partial charge in [-0.05, 0) is 49.9 Å². The third-order valence-electron chi connectivity index (χ3n) is 3.33. The van der Waals surface area contributed by atoms with E-state index in [1.54, 1.807) is 0 Å². The molecule has 2 N–H and O–H groups in total. The van der Waals surface area contributed by atoms with Crippen LogP contribution >= 0.6 is 12.4 Å². The first kappa shape index (κ1) is 17.8. The van der Waals surface area contributed by atoms with Crippen molar-refractivity contribution in [3.8, 4) is 0 Å². The molecule has 0 saturated heterocycles. The molecule has 1 aliphatic carbocycles. The smallest absolute Gasteiger partial charge is 0.325 e. The molecule has 0 bridgehead atoms. The monoisotopic (exact) mass is 322 g/mol. The number of alkyl halides is 3. The first-order valence-corrected chi connectivity index (χ1v) is 6.55. The molecule has 0 aromatic heterocycles. The summed E-state index contributed by atoms with van der Waals surface area (Å²) in [7, 11) is 0. The average Bonchev–Trinajstić information content (AvgIpc) is 3.14. The first-order valence-electron chi connectivity index (χ1n) is 6.55. The zero-order valence-corrected chi connectivity index (χ0v) is 12.4. The lowest BCUT2D eigenvalue weighted by Gasteiger charge is -2.14. The molecule has 2 rings (SSSR count). The van der Waals surface area contributed by atoms with Crippen molar-refractivity contribution in [3.05, 3.63) is 29.3 Å². The third-order valence-corrected chi connectivity index (χ3v) is 3.33. The van der Waals surface area contributed by atoms with E-state index in [1.807, 2.05) is 0 Å². The molecule has 0 atom stereocenters. The number of hydrogen-bond donors (Lipinski definition) is 2. The molecule has 7 heteroatoms. The molecule has 0 heterocycles. The Bertz CT molecular complexity index is 501. The molecule has 0 spiro atoms. The largest absolute Gasteiger partial charge is 0.416 e. The Labute approximate surface area is 127 Å². The summed E-state index contributed by atoms with van der Waals surface area (Å²) >= 11 is 0. The van der Waals surface area contributed by atoms with Crippen molar-refractivity contribution in [2.75, 3.05) is 18.4 Å². The quantitative estimate of drug-likeness (QED) is 0.872. The van der Waals surface area contributed by atoms with E-state index < -0.39 is 11.7 Å². The molecule has 0 unspecified atom stereocenters. The summed E-state index contributed by atoms with van der Waals surface area (Å²) in [5.74, 6) is 0.325. The van der Waals surface area contributed by atoms with Gasteiger partial charge in [0.25, 0.3) is 0 Å². The highest BCUT2D eigenvalue weighted by atomic mass is 35.5. The zero-order chi connectivity index (χ0) is 14.8. The number of halogens is 4. The van der Waals surface area contributed by atoms with Gasteiger partial charge >= 0.3 is 6.18 Å². The predicted molar refractivity (Wildman–Crippen MR) is 77.7 cm³/mol. The molecular weight excluding hydrogens is 305 g/mol. The Kier molecular flexibility index (Phi) is 6.04. The summed E-state index contributed by atoms with van der Waals surface area (Å²) < 4.78 is 38.2. The Hall–Kier alpha value is -1.27. The topological polar surface area (TPSA) is 41.1 Å².